The first kappa shape index (κ1) is 23.2. The summed E-state index contributed by atoms with van der Waals surface area (Å²) in [5.74, 6) is 0.872. The number of rotatable bonds is 7. The first-order valence-corrected chi connectivity index (χ1v) is 9.51. The highest BCUT2D eigenvalue weighted by atomic mass is 127. The van der Waals surface area contributed by atoms with E-state index < -0.39 is 0 Å². The Morgan fingerprint density at radius 2 is 1.81 bits per heavy atom. The SMILES string of the molecule is CCCCNC(=NC)NCc1ccccc1CN1CC(C)OC(C)C1.I. The number of halogens is 1. The Balaban J connectivity index is 0.00000338. The molecule has 148 valence electrons. The van der Waals surface area contributed by atoms with Gasteiger partial charge in [-0.2, -0.15) is 0 Å². The zero-order valence-corrected chi connectivity index (χ0v) is 19.0. The zero-order valence-electron chi connectivity index (χ0n) is 16.6. The highest BCUT2D eigenvalue weighted by molar-refractivity contribution is 14.0. The van der Waals surface area contributed by atoms with E-state index in [2.05, 4.69) is 65.6 Å². The van der Waals surface area contributed by atoms with Gasteiger partial charge in [0.1, 0.15) is 0 Å². The molecule has 1 aliphatic heterocycles. The molecular weight excluding hydrogens is 439 g/mol. The van der Waals surface area contributed by atoms with Crippen LogP contribution in [0.4, 0.5) is 0 Å². The number of nitrogens with zero attached hydrogens (tertiary/aromatic N) is 2. The van der Waals surface area contributed by atoms with Crippen LogP contribution in [-0.2, 0) is 17.8 Å². The first-order valence-electron chi connectivity index (χ1n) is 9.51. The second kappa shape index (κ2) is 12.5. The number of aliphatic imine (C=N–C) groups is 1. The normalized spacial score (nSPS) is 21.2. The van der Waals surface area contributed by atoms with Crippen LogP contribution in [0.1, 0.15) is 44.7 Å². The molecule has 2 atom stereocenters. The Hall–Kier alpha value is -0.860. The van der Waals surface area contributed by atoms with Gasteiger partial charge in [0.2, 0.25) is 0 Å². The summed E-state index contributed by atoms with van der Waals surface area (Å²) in [5.41, 5.74) is 2.70. The Morgan fingerprint density at radius 3 is 2.42 bits per heavy atom. The number of unbranched alkanes of at least 4 members (excludes halogenated alkanes) is 1. The van der Waals surface area contributed by atoms with Crippen molar-refractivity contribution in [3.63, 3.8) is 0 Å². The van der Waals surface area contributed by atoms with E-state index in [1.165, 1.54) is 17.5 Å². The molecule has 0 radical (unpaired) electrons. The Labute approximate surface area is 176 Å². The van der Waals surface area contributed by atoms with Crippen molar-refractivity contribution in [3.05, 3.63) is 35.4 Å². The topological polar surface area (TPSA) is 48.9 Å². The molecule has 1 saturated heterocycles. The molecule has 0 bridgehead atoms. The number of morpholine rings is 1. The van der Waals surface area contributed by atoms with Crippen molar-refractivity contribution < 1.29 is 4.74 Å². The predicted octanol–water partition coefficient (Wildman–Crippen LogP) is 3.38. The van der Waals surface area contributed by atoms with Crippen LogP contribution in [0.25, 0.3) is 0 Å². The van der Waals surface area contributed by atoms with Gasteiger partial charge < -0.3 is 15.4 Å². The van der Waals surface area contributed by atoms with Gasteiger partial charge in [0, 0.05) is 39.8 Å². The number of ether oxygens (including phenoxy) is 1. The van der Waals surface area contributed by atoms with Crippen LogP contribution in [0.5, 0.6) is 0 Å². The lowest BCUT2D eigenvalue weighted by atomic mass is 10.1. The highest BCUT2D eigenvalue weighted by Gasteiger charge is 2.22. The van der Waals surface area contributed by atoms with E-state index in [0.717, 1.165) is 45.1 Å². The Bertz CT molecular complexity index is 542. The lowest BCUT2D eigenvalue weighted by Crippen LogP contribution is -2.45. The number of hydrogen-bond donors (Lipinski definition) is 2. The number of guanidine groups is 1. The van der Waals surface area contributed by atoms with Crippen molar-refractivity contribution in [2.24, 2.45) is 4.99 Å². The minimum Gasteiger partial charge on any atom is -0.373 e. The molecule has 1 fully saturated rings. The molecule has 1 aromatic carbocycles. The predicted molar refractivity (Wildman–Crippen MR) is 120 cm³/mol. The average Bonchev–Trinajstić information content (AvgIpc) is 2.58. The van der Waals surface area contributed by atoms with E-state index in [1.54, 1.807) is 0 Å². The van der Waals surface area contributed by atoms with Crippen molar-refractivity contribution >= 4 is 29.9 Å². The van der Waals surface area contributed by atoms with Crippen LogP contribution < -0.4 is 10.6 Å². The lowest BCUT2D eigenvalue weighted by Gasteiger charge is -2.35. The summed E-state index contributed by atoms with van der Waals surface area (Å²) in [5, 5.41) is 6.80. The van der Waals surface area contributed by atoms with E-state index in [0.29, 0.717) is 12.2 Å². The summed E-state index contributed by atoms with van der Waals surface area (Å²) in [6.45, 7) is 11.2. The summed E-state index contributed by atoms with van der Waals surface area (Å²) in [6, 6.07) is 8.67. The van der Waals surface area contributed by atoms with Gasteiger partial charge in [-0.25, -0.2) is 0 Å². The number of hydrogen-bond acceptors (Lipinski definition) is 3. The standard InChI is InChI=1S/C20H34N4O.HI/c1-5-6-11-22-20(21-4)23-12-18-9-7-8-10-19(18)15-24-13-16(2)25-17(3)14-24;/h7-10,16-17H,5-6,11-15H2,1-4H3,(H2,21,22,23);1H. The molecule has 1 aliphatic rings. The molecular formula is C20H35IN4O. The third-order valence-corrected chi connectivity index (χ3v) is 4.50. The van der Waals surface area contributed by atoms with Gasteiger partial charge in [0.05, 0.1) is 12.2 Å². The van der Waals surface area contributed by atoms with Gasteiger partial charge in [-0.3, -0.25) is 9.89 Å². The second-order valence-corrected chi connectivity index (χ2v) is 6.93. The minimum atomic E-state index is 0. The number of benzene rings is 1. The van der Waals surface area contributed by atoms with Gasteiger partial charge in [0.25, 0.3) is 0 Å². The highest BCUT2D eigenvalue weighted by Crippen LogP contribution is 2.17. The molecule has 26 heavy (non-hydrogen) atoms. The molecule has 0 amide bonds. The largest absolute Gasteiger partial charge is 0.373 e. The van der Waals surface area contributed by atoms with Crippen LogP contribution in [-0.4, -0.2) is 49.7 Å². The first-order chi connectivity index (χ1) is 12.1. The summed E-state index contributed by atoms with van der Waals surface area (Å²) >= 11 is 0. The third kappa shape index (κ3) is 7.80. The zero-order chi connectivity index (χ0) is 18.1. The van der Waals surface area contributed by atoms with Gasteiger partial charge in [-0.05, 0) is 31.4 Å². The molecule has 0 aromatic heterocycles. The lowest BCUT2D eigenvalue weighted by molar-refractivity contribution is -0.0705. The van der Waals surface area contributed by atoms with E-state index in [9.17, 15) is 0 Å². The molecule has 0 spiro atoms. The average molecular weight is 474 g/mol. The van der Waals surface area contributed by atoms with Gasteiger partial charge in [-0.15, -0.1) is 24.0 Å². The van der Waals surface area contributed by atoms with Crippen molar-refractivity contribution in [2.75, 3.05) is 26.7 Å². The second-order valence-electron chi connectivity index (χ2n) is 6.93. The van der Waals surface area contributed by atoms with E-state index in [-0.39, 0.29) is 24.0 Å². The van der Waals surface area contributed by atoms with E-state index in [4.69, 9.17) is 4.74 Å². The third-order valence-electron chi connectivity index (χ3n) is 4.50. The molecule has 1 aromatic rings. The summed E-state index contributed by atoms with van der Waals surface area (Å²) in [7, 11) is 1.82. The van der Waals surface area contributed by atoms with E-state index >= 15 is 0 Å². The molecule has 0 saturated carbocycles. The summed E-state index contributed by atoms with van der Waals surface area (Å²) in [4.78, 5) is 6.80. The quantitative estimate of drug-likeness (QED) is 0.276. The van der Waals surface area contributed by atoms with Crippen molar-refractivity contribution in [1.82, 2.24) is 15.5 Å². The Morgan fingerprint density at radius 1 is 1.15 bits per heavy atom. The van der Waals surface area contributed by atoms with E-state index in [1.807, 2.05) is 7.05 Å². The monoisotopic (exact) mass is 474 g/mol. The van der Waals surface area contributed by atoms with Crippen LogP contribution in [0.3, 0.4) is 0 Å². The van der Waals surface area contributed by atoms with Crippen molar-refractivity contribution in [1.29, 1.82) is 0 Å². The minimum absolute atomic E-state index is 0. The van der Waals surface area contributed by atoms with Crippen LogP contribution >= 0.6 is 24.0 Å². The maximum atomic E-state index is 5.85. The number of nitrogens with one attached hydrogen (secondary N) is 2. The molecule has 0 aliphatic carbocycles. The summed E-state index contributed by atoms with van der Waals surface area (Å²) < 4.78 is 5.85. The molecule has 2 rings (SSSR count). The van der Waals surface area contributed by atoms with Gasteiger partial charge in [0.15, 0.2) is 5.96 Å². The molecule has 5 nitrogen and oxygen atoms in total. The fraction of sp³-hybridized carbons (Fsp3) is 0.650. The Kier molecular flexibility index (Phi) is 11.2. The fourth-order valence-corrected chi connectivity index (χ4v) is 3.32. The maximum absolute atomic E-state index is 5.85. The molecule has 2 N–H and O–H groups in total. The van der Waals surface area contributed by atoms with Crippen molar-refractivity contribution in [3.8, 4) is 0 Å². The molecule has 6 heteroatoms. The van der Waals surface area contributed by atoms with Crippen LogP contribution in [0.2, 0.25) is 0 Å². The van der Waals surface area contributed by atoms with Gasteiger partial charge >= 0.3 is 0 Å². The molecule has 1 heterocycles. The smallest absolute Gasteiger partial charge is 0.191 e. The van der Waals surface area contributed by atoms with Crippen molar-refractivity contribution in [2.45, 2.75) is 58.9 Å². The summed E-state index contributed by atoms with van der Waals surface area (Å²) in [6.07, 6.45) is 2.94. The molecule has 2 unspecified atom stereocenters. The fourth-order valence-electron chi connectivity index (χ4n) is 3.32. The van der Waals surface area contributed by atoms with Crippen LogP contribution in [0, 0.1) is 0 Å². The maximum Gasteiger partial charge on any atom is 0.191 e. The van der Waals surface area contributed by atoms with Gasteiger partial charge in [-0.1, -0.05) is 37.6 Å². The van der Waals surface area contributed by atoms with Crippen LogP contribution in [0.15, 0.2) is 29.3 Å².